The molecule has 3 saturated carbocycles. The van der Waals surface area contributed by atoms with Gasteiger partial charge in [-0.2, -0.15) is 0 Å². The van der Waals surface area contributed by atoms with Crippen LogP contribution < -0.4 is 0 Å². The molecule has 3 unspecified atom stereocenters. The van der Waals surface area contributed by atoms with E-state index >= 15 is 0 Å². The van der Waals surface area contributed by atoms with Crippen LogP contribution in [0.15, 0.2) is 12.2 Å². The number of fused-ring (bicyclic) bond motifs is 5. The van der Waals surface area contributed by atoms with Crippen LogP contribution in [0.5, 0.6) is 0 Å². The van der Waals surface area contributed by atoms with Crippen LogP contribution in [0, 0.1) is 34.5 Å². The normalized spacial score (nSPS) is 55.8. The first-order chi connectivity index (χ1) is 9.94. The Morgan fingerprint density at radius 3 is 2.86 bits per heavy atom. The number of rotatable bonds is 0. The highest BCUT2D eigenvalue weighted by atomic mass is 16.3. The third-order valence-corrected chi connectivity index (χ3v) is 7.83. The van der Waals surface area contributed by atoms with E-state index in [1.165, 1.54) is 12.8 Å². The van der Waals surface area contributed by atoms with Crippen LogP contribution in [0.2, 0.25) is 0 Å². The van der Waals surface area contributed by atoms with Gasteiger partial charge in [0.25, 0.3) is 0 Å². The summed E-state index contributed by atoms with van der Waals surface area (Å²) in [6, 6.07) is 0. The number of carbonyl (C=O) groups excluding carboxylic acids is 1. The van der Waals surface area contributed by atoms with Crippen molar-refractivity contribution >= 4 is 5.78 Å². The van der Waals surface area contributed by atoms with Gasteiger partial charge in [-0.25, -0.2) is 0 Å². The third kappa shape index (κ3) is 1.84. The van der Waals surface area contributed by atoms with Gasteiger partial charge >= 0.3 is 0 Å². The van der Waals surface area contributed by atoms with Gasteiger partial charge in [0, 0.05) is 12.8 Å². The van der Waals surface area contributed by atoms with E-state index in [4.69, 9.17) is 0 Å². The van der Waals surface area contributed by atoms with Crippen molar-refractivity contribution in [3.8, 4) is 0 Å². The van der Waals surface area contributed by atoms with E-state index in [2.05, 4.69) is 26.0 Å². The van der Waals surface area contributed by atoms with Crippen molar-refractivity contribution in [1.29, 1.82) is 0 Å². The van der Waals surface area contributed by atoms with Gasteiger partial charge < -0.3 is 5.11 Å². The molecular formula is C19H28O2. The molecule has 21 heavy (non-hydrogen) atoms. The average molecular weight is 288 g/mol. The molecule has 0 amide bonds. The van der Waals surface area contributed by atoms with Crippen LogP contribution in [0.25, 0.3) is 0 Å². The molecule has 0 radical (unpaired) electrons. The van der Waals surface area contributed by atoms with E-state index in [-0.39, 0.29) is 6.10 Å². The molecule has 0 spiro atoms. The quantitative estimate of drug-likeness (QED) is 0.690. The second-order valence-corrected chi connectivity index (χ2v) is 8.72. The summed E-state index contributed by atoms with van der Waals surface area (Å²) in [7, 11) is 0. The summed E-state index contributed by atoms with van der Waals surface area (Å²) in [4.78, 5) is 11.9. The number of ketones is 1. The number of aliphatic hydroxyl groups is 1. The highest BCUT2D eigenvalue weighted by Crippen LogP contribution is 2.64. The zero-order valence-electron chi connectivity index (χ0n) is 13.3. The summed E-state index contributed by atoms with van der Waals surface area (Å²) in [6.45, 7) is 4.82. The predicted octanol–water partition coefficient (Wildman–Crippen LogP) is 3.74. The summed E-state index contributed by atoms with van der Waals surface area (Å²) in [5.41, 5.74) is 0.609. The van der Waals surface area contributed by atoms with Crippen LogP contribution in [0.4, 0.5) is 0 Å². The SMILES string of the molecule is C[C@@]12C=CCC1C1C(CC2)[C@@]2(C)CCC(=O)C[C@@H]2C[C@H]1O. The fourth-order valence-electron chi connectivity index (χ4n) is 6.50. The number of allylic oxidation sites excluding steroid dienone is 2. The summed E-state index contributed by atoms with van der Waals surface area (Å²) in [6.07, 6.45) is 11.6. The van der Waals surface area contributed by atoms with E-state index < -0.39 is 0 Å². The second-order valence-electron chi connectivity index (χ2n) is 8.72. The van der Waals surface area contributed by atoms with Crippen molar-refractivity contribution in [3.05, 3.63) is 12.2 Å². The van der Waals surface area contributed by atoms with Crippen LogP contribution >= 0.6 is 0 Å². The van der Waals surface area contributed by atoms with Crippen LogP contribution in [-0.4, -0.2) is 17.0 Å². The van der Waals surface area contributed by atoms with Crippen molar-refractivity contribution in [3.63, 3.8) is 0 Å². The van der Waals surface area contributed by atoms with Gasteiger partial charge in [0.15, 0.2) is 0 Å². The van der Waals surface area contributed by atoms with Gasteiger partial charge in [-0.3, -0.25) is 4.79 Å². The Morgan fingerprint density at radius 1 is 1.24 bits per heavy atom. The molecule has 116 valence electrons. The molecule has 4 rings (SSSR count). The average Bonchev–Trinajstić information content (AvgIpc) is 2.82. The number of hydrogen-bond acceptors (Lipinski definition) is 2. The van der Waals surface area contributed by atoms with Crippen molar-refractivity contribution in [2.75, 3.05) is 0 Å². The molecule has 0 aliphatic heterocycles. The van der Waals surface area contributed by atoms with Crippen molar-refractivity contribution < 1.29 is 9.90 Å². The van der Waals surface area contributed by atoms with Gasteiger partial charge in [-0.05, 0) is 66.6 Å². The minimum atomic E-state index is -0.191. The van der Waals surface area contributed by atoms with E-state index in [0.29, 0.717) is 40.3 Å². The lowest BCUT2D eigenvalue weighted by Crippen LogP contribution is -2.57. The van der Waals surface area contributed by atoms with Gasteiger partial charge in [0.2, 0.25) is 0 Å². The predicted molar refractivity (Wildman–Crippen MR) is 82.6 cm³/mol. The van der Waals surface area contributed by atoms with Gasteiger partial charge in [-0.1, -0.05) is 26.0 Å². The topological polar surface area (TPSA) is 37.3 Å². The molecule has 4 aliphatic rings. The molecule has 0 aromatic rings. The van der Waals surface area contributed by atoms with Crippen LogP contribution in [-0.2, 0) is 4.79 Å². The van der Waals surface area contributed by atoms with Crippen LogP contribution in [0.1, 0.15) is 58.8 Å². The Balaban J connectivity index is 1.69. The molecule has 2 nitrogen and oxygen atoms in total. The van der Waals surface area contributed by atoms with E-state index in [1.54, 1.807) is 0 Å². The maximum atomic E-state index is 11.9. The monoisotopic (exact) mass is 288 g/mol. The Hall–Kier alpha value is -0.630. The Morgan fingerprint density at radius 2 is 2.05 bits per heavy atom. The smallest absolute Gasteiger partial charge is 0.133 e. The standard InChI is InChI=1S/C19H28O2/c1-18-7-3-4-14(18)17-15(6-8-18)19(2)9-5-13(20)10-12(19)11-16(17)21/h3,7,12,14-17,21H,4-6,8-11H2,1-2H3/t12-,14?,15?,16-,17?,18+,19+/m1/s1. The van der Waals surface area contributed by atoms with Crippen molar-refractivity contribution in [2.45, 2.75) is 64.9 Å². The van der Waals surface area contributed by atoms with Crippen molar-refractivity contribution in [2.24, 2.45) is 34.5 Å². The fourth-order valence-corrected chi connectivity index (χ4v) is 6.50. The third-order valence-electron chi connectivity index (χ3n) is 7.83. The summed E-state index contributed by atoms with van der Waals surface area (Å²) in [5, 5.41) is 10.9. The lowest BCUT2D eigenvalue weighted by molar-refractivity contribution is -0.160. The Labute approximate surface area is 128 Å². The van der Waals surface area contributed by atoms with E-state index in [0.717, 1.165) is 32.1 Å². The van der Waals surface area contributed by atoms with Gasteiger partial charge in [0.1, 0.15) is 5.78 Å². The number of hydrogen-bond donors (Lipinski definition) is 1. The molecule has 0 bridgehead atoms. The molecule has 3 fully saturated rings. The zero-order valence-corrected chi connectivity index (χ0v) is 13.3. The number of aliphatic hydroxyl groups excluding tert-OH is 1. The maximum absolute atomic E-state index is 11.9. The summed E-state index contributed by atoms with van der Waals surface area (Å²) in [5.74, 6) is 2.55. The highest BCUT2D eigenvalue weighted by molar-refractivity contribution is 5.79. The van der Waals surface area contributed by atoms with E-state index in [9.17, 15) is 9.90 Å². The number of Topliss-reactive ketones (excluding diaryl/α,β-unsaturated/α-hetero) is 1. The Bertz CT molecular complexity index is 496. The molecule has 0 saturated heterocycles. The minimum absolute atomic E-state index is 0.191. The van der Waals surface area contributed by atoms with Crippen molar-refractivity contribution in [1.82, 2.24) is 0 Å². The first-order valence-electron chi connectivity index (χ1n) is 8.81. The minimum Gasteiger partial charge on any atom is -0.393 e. The first kappa shape index (κ1) is 14.0. The maximum Gasteiger partial charge on any atom is 0.133 e. The van der Waals surface area contributed by atoms with Gasteiger partial charge in [0.05, 0.1) is 6.10 Å². The zero-order chi connectivity index (χ0) is 14.8. The largest absolute Gasteiger partial charge is 0.393 e. The molecular weight excluding hydrogens is 260 g/mol. The molecule has 4 aliphatic carbocycles. The fraction of sp³-hybridized carbons (Fsp3) is 0.842. The van der Waals surface area contributed by atoms with E-state index in [1.807, 2.05) is 0 Å². The first-order valence-corrected chi connectivity index (χ1v) is 8.81. The molecule has 0 heterocycles. The highest BCUT2D eigenvalue weighted by Gasteiger charge is 2.59. The summed E-state index contributed by atoms with van der Waals surface area (Å²) >= 11 is 0. The Kier molecular flexibility index (Phi) is 2.96. The molecule has 1 N–H and O–H groups in total. The van der Waals surface area contributed by atoms with Gasteiger partial charge in [-0.15, -0.1) is 0 Å². The molecule has 2 heteroatoms. The molecule has 0 aromatic carbocycles. The lowest BCUT2D eigenvalue weighted by atomic mass is 9.44. The second kappa shape index (κ2) is 4.44. The molecule has 0 aromatic heterocycles. The number of carbonyl (C=O) groups is 1. The molecule has 7 atom stereocenters. The van der Waals surface area contributed by atoms with Crippen LogP contribution in [0.3, 0.4) is 0 Å². The lowest BCUT2D eigenvalue weighted by Gasteiger charge is -2.61. The summed E-state index contributed by atoms with van der Waals surface area (Å²) < 4.78 is 0.